The highest BCUT2D eigenvalue weighted by molar-refractivity contribution is 5.23. The first-order valence-electron chi connectivity index (χ1n) is 12.1. The van der Waals surface area contributed by atoms with Gasteiger partial charge in [0.05, 0.1) is 18.7 Å². The highest BCUT2D eigenvalue weighted by Crippen LogP contribution is 2.20. The molecule has 8 heteroatoms. The van der Waals surface area contributed by atoms with Crippen LogP contribution in [-0.4, -0.2) is 65.1 Å². The lowest BCUT2D eigenvalue weighted by Gasteiger charge is -2.38. The number of nitrogens with zero attached hydrogens (tertiary/aromatic N) is 4. The van der Waals surface area contributed by atoms with Crippen molar-refractivity contribution in [1.29, 1.82) is 0 Å². The molecule has 2 atom stereocenters. The molecule has 2 aliphatic heterocycles. The summed E-state index contributed by atoms with van der Waals surface area (Å²) >= 11 is 0. The van der Waals surface area contributed by atoms with Crippen molar-refractivity contribution in [2.45, 2.75) is 69.7 Å². The molecule has 7 nitrogen and oxygen atoms in total. The Balaban J connectivity index is 1.36. The van der Waals surface area contributed by atoms with Crippen molar-refractivity contribution in [2.24, 2.45) is 0 Å². The third-order valence-corrected chi connectivity index (χ3v) is 7.55. The second-order valence-corrected chi connectivity index (χ2v) is 9.49. The maximum absolute atomic E-state index is 13.7. The number of benzene rings is 1. The molecule has 3 fully saturated rings. The van der Waals surface area contributed by atoms with Crippen LogP contribution in [0, 0.1) is 5.82 Å². The van der Waals surface area contributed by atoms with Gasteiger partial charge >= 0.3 is 0 Å². The number of rotatable bonds is 6. The van der Waals surface area contributed by atoms with E-state index in [1.165, 1.54) is 50.1 Å². The van der Waals surface area contributed by atoms with Crippen molar-refractivity contribution in [1.82, 2.24) is 20.2 Å². The van der Waals surface area contributed by atoms with Crippen molar-refractivity contribution in [3.63, 3.8) is 0 Å². The number of nitrogens with one attached hydrogen (secondary N) is 2. The third kappa shape index (κ3) is 4.81. The summed E-state index contributed by atoms with van der Waals surface area (Å²) in [6.07, 6.45) is 9.27. The smallest absolute Gasteiger partial charge is 0.214 e. The van der Waals surface area contributed by atoms with E-state index < -0.39 is 0 Å². The van der Waals surface area contributed by atoms with Gasteiger partial charge in [-0.2, -0.15) is 0 Å². The molecule has 2 N–H and O–H groups in total. The number of hydrogen-bond donors (Lipinski definition) is 2. The van der Waals surface area contributed by atoms with Crippen molar-refractivity contribution >= 4 is 0 Å². The Morgan fingerprint density at radius 3 is 2.48 bits per heavy atom. The summed E-state index contributed by atoms with van der Waals surface area (Å²) in [5.41, 5.74) is 1.08. The van der Waals surface area contributed by atoms with Crippen molar-refractivity contribution in [3.8, 4) is 0 Å². The van der Waals surface area contributed by atoms with Gasteiger partial charge in [-0.05, 0) is 73.2 Å². The maximum Gasteiger partial charge on any atom is 0.214 e. The van der Waals surface area contributed by atoms with Gasteiger partial charge in [0.15, 0.2) is 6.04 Å². The summed E-state index contributed by atoms with van der Waals surface area (Å²) in [5, 5.41) is 12.8. The Hall–Kier alpha value is -1.90. The van der Waals surface area contributed by atoms with Crippen LogP contribution in [0.15, 0.2) is 24.3 Å². The molecule has 0 bridgehead atoms. The van der Waals surface area contributed by atoms with E-state index >= 15 is 0 Å². The fourth-order valence-electron chi connectivity index (χ4n) is 5.85. The van der Waals surface area contributed by atoms with E-state index in [-0.39, 0.29) is 18.0 Å². The summed E-state index contributed by atoms with van der Waals surface area (Å²) in [7, 11) is 0. The van der Waals surface area contributed by atoms with Crippen LogP contribution >= 0.6 is 0 Å². The van der Waals surface area contributed by atoms with E-state index in [4.69, 9.17) is 4.74 Å². The van der Waals surface area contributed by atoms with Gasteiger partial charge in [0.1, 0.15) is 32.0 Å². The van der Waals surface area contributed by atoms with Crippen LogP contribution < -0.4 is 9.80 Å². The summed E-state index contributed by atoms with van der Waals surface area (Å²) < 4.78 is 21.4. The van der Waals surface area contributed by atoms with Gasteiger partial charge in [-0.15, -0.1) is 5.10 Å². The minimum Gasteiger partial charge on any atom is -0.376 e. The molecular weight excluding hydrogens is 395 g/mol. The van der Waals surface area contributed by atoms with Gasteiger partial charge in [-0.3, -0.25) is 0 Å². The number of hydrogen-bond acceptors (Lipinski definition) is 4. The molecule has 0 spiro atoms. The van der Waals surface area contributed by atoms with Crippen LogP contribution in [-0.2, 0) is 11.3 Å². The second kappa shape index (κ2) is 9.71. The monoisotopic (exact) mass is 430 g/mol. The lowest BCUT2D eigenvalue weighted by Crippen LogP contribution is -3.29. The molecule has 1 aliphatic carbocycles. The molecule has 1 aromatic carbocycles. The predicted molar refractivity (Wildman–Crippen MR) is 113 cm³/mol. The SMILES string of the molecule is Fc1ccc([C@H](c2nnnn2C[C@H]2CCCO2)[NH+]2CC[NH+](C3CCCCC3)CC2)cc1. The number of quaternary nitrogens is 2. The van der Waals surface area contributed by atoms with Gasteiger partial charge in [0.2, 0.25) is 5.82 Å². The Labute approximate surface area is 183 Å². The largest absolute Gasteiger partial charge is 0.376 e. The molecular formula is C23H35FN6O+2. The van der Waals surface area contributed by atoms with E-state index in [1.807, 2.05) is 16.8 Å². The van der Waals surface area contributed by atoms with Gasteiger partial charge in [0, 0.05) is 12.2 Å². The van der Waals surface area contributed by atoms with Gasteiger partial charge in [-0.1, -0.05) is 6.42 Å². The number of halogens is 1. The minimum absolute atomic E-state index is 0.0184. The molecule has 0 radical (unpaired) electrons. The summed E-state index contributed by atoms with van der Waals surface area (Å²) in [5.74, 6) is 0.668. The molecule has 1 aromatic heterocycles. The van der Waals surface area contributed by atoms with E-state index in [9.17, 15) is 4.39 Å². The highest BCUT2D eigenvalue weighted by atomic mass is 19.1. The standard InChI is InChI=1S/C23H33FN6O/c24-19-10-8-18(9-11-19)22(23-25-26-27-30(23)17-21-7-4-16-31-21)29-14-12-28(13-15-29)20-5-2-1-3-6-20/h8-11,20-22H,1-7,12-17H2/p+2/t21-,22-/m1/s1. The molecule has 0 amide bonds. The molecule has 168 valence electrons. The quantitative estimate of drug-likeness (QED) is 0.687. The molecule has 2 saturated heterocycles. The zero-order chi connectivity index (χ0) is 21.0. The van der Waals surface area contributed by atoms with Crippen molar-refractivity contribution in [2.75, 3.05) is 32.8 Å². The highest BCUT2D eigenvalue weighted by Gasteiger charge is 2.38. The molecule has 1 saturated carbocycles. The van der Waals surface area contributed by atoms with Crippen molar-refractivity contribution < 1.29 is 18.9 Å². The zero-order valence-electron chi connectivity index (χ0n) is 18.3. The lowest BCUT2D eigenvalue weighted by molar-refractivity contribution is -1.03. The van der Waals surface area contributed by atoms with Gasteiger partial charge in [-0.25, -0.2) is 9.07 Å². The van der Waals surface area contributed by atoms with Crippen LogP contribution in [0.4, 0.5) is 4.39 Å². The molecule has 0 unspecified atom stereocenters. The summed E-state index contributed by atoms with van der Waals surface area (Å²) in [4.78, 5) is 3.26. The Kier molecular flexibility index (Phi) is 6.57. The Morgan fingerprint density at radius 1 is 1.00 bits per heavy atom. The van der Waals surface area contributed by atoms with E-state index in [0.29, 0.717) is 6.54 Å². The lowest BCUT2D eigenvalue weighted by atomic mass is 9.93. The van der Waals surface area contributed by atoms with Crippen LogP contribution in [0.25, 0.3) is 0 Å². The fourth-order valence-corrected chi connectivity index (χ4v) is 5.85. The summed E-state index contributed by atoms with van der Waals surface area (Å²) in [6.45, 7) is 6.05. The third-order valence-electron chi connectivity index (χ3n) is 7.55. The molecule has 2 aromatic rings. The molecule has 3 aliphatic rings. The van der Waals surface area contributed by atoms with Crippen LogP contribution in [0.2, 0.25) is 0 Å². The van der Waals surface area contributed by atoms with Crippen LogP contribution in [0.3, 0.4) is 0 Å². The Morgan fingerprint density at radius 2 is 1.77 bits per heavy atom. The van der Waals surface area contributed by atoms with E-state index in [1.54, 1.807) is 17.0 Å². The molecule has 5 rings (SSSR count). The number of ether oxygens (including phenoxy) is 1. The van der Waals surface area contributed by atoms with Gasteiger partial charge < -0.3 is 14.5 Å². The minimum atomic E-state index is -0.206. The van der Waals surface area contributed by atoms with Crippen LogP contribution in [0.1, 0.15) is 62.4 Å². The first kappa shape index (κ1) is 21.0. The topological polar surface area (TPSA) is 61.7 Å². The zero-order valence-corrected chi connectivity index (χ0v) is 18.3. The predicted octanol–water partition coefficient (Wildman–Crippen LogP) is 0.197. The first-order valence-corrected chi connectivity index (χ1v) is 12.1. The number of tetrazole rings is 1. The normalized spacial score (nSPS) is 28.6. The molecule has 31 heavy (non-hydrogen) atoms. The second-order valence-electron chi connectivity index (χ2n) is 9.49. The average Bonchev–Trinajstić information content (AvgIpc) is 3.49. The number of aromatic nitrogens is 4. The maximum atomic E-state index is 13.7. The Bertz CT molecular complexity index is 823. The van der Waals surface area contributed by atoms with Gasteiger partial charge in [0.25, 0.3) is 0 Å². The van der Waals surface area contributed by atoms with E-state index in [2.05, 4.69) is 15.5 Å². The first-order chi connectivity index (χ1) is 15.3. The fraction of sp³-hybridized carbons (Fsp3) is 0.696. The van der Waals surface area contributed by atoms with Crippen molar-refractivity contribution in [3.05, 3.63) is 41.5 Å². The summed E-state index contributed by atoms with van der Waals surface area (Å²) in [6, 6.07) is 7.77. The van der Waals surface area contributed by atoms with Crippen LogP contribution in [0.5, 0.6) is 0 Å². The molecule has 3 heterocycles. The average molecular weight is 431 g/mol. The van der Waals surface area contributed by atoms with E-state index in [0.717, 1.165) is 50.0 Å². The number of piperazine rings is 1.